The second-order valence-corrected chi connectivity index (χ2v) is 21.6. The maximum Gasteiger partial charge on any atom is 0.306 e. The molecule has 0 aromatic rings. The minimum atomic E-state index is -0.777. The molecule has 0 bridgehead atoms. The Kier molecular flexibility index (Phi) is 61.8. The summed E-state index contributed by atoms with van der Waals surface area (Å²) in [5.74, 6) is -0.876. The monoisotopic (exact) mass is 1070 g/mol. The van der Waals surface area contributed by atoms with Crippen LogP contribution < -0.4 is 0 Å². The zero-order valence-corrected chi connectivity index (χ0v) is 50.7. The lowest BCUT2D eigenvalue weighted by Crippen LogP contribution is -2.30. The van der Waals surface area contributed by atoms with E-state index in [-0.39, 0.29) is 31.1 Å². The summed E-state index contributed by atoms with van der Waals surface area (Å²) < 4.78 is 16.9. The van der Waals surface area contributed by atoms with Crippen molar-refractivity contribution in [3.8, 4) is 0 Å². The highest BCUT2D eigenvalue weighted by Gasteiger charge is 2.19. The third kappa shape index (κ3) is 63.0. The van der Waals surface area contributed by atoms with Gasteiger partial charge in [0.1, 0.15) is 13.2 Å². The van der Waals surface area contributed by atoms with Gasteiger partial charge in [-0.2, -0.15) is 0 Å². The molecule has 442 valence electrons. The smallest absolute Gasteiger partial charge is 0.306 e. The molecule has 0 rings (SSSR count). The van der Waals surface area contributed by atoms with Gasteiger partial charge in [0.05, 0.1) is 0 Å². The molecule has 0 spiro atoms. The van der Waals surface area contributed by atoms with E-state index < -0.39 is 6.10 Å². The van der Waals surface area contributed by atoms with Crippen molar-refractivity contribution in [2.45, 2.75) is 322 Å². The van der Waals surface area contributed by atoms with E-state index in [9.17, 15) is 14.4 Å². The Morgan fingerprint density at radius 1 is 0.273 bits per heavy atom. The van der Waals surface area contributed by atoms with Crippen LogP contribution in [0.2, 0.25) is 0 Å². The van der Waals surface area contributed by atoms with E-state index in [2.05, 4.69) is 118 Å². The molecule has 77 heavy (non-hydrogen) atoms. The lowest BCUT2D eigenvalue weighted by molar-refractivity contribution is -0.167. The number of esters is 3. The highest BCUT2D eigenvalue weighted by Crippen LogP contribution is 2.17. The van der Waals surface area contributed by atoms with Gasteiger partial charge in [-0.3, -0.25) is 14.4 Å². The lowest BCUT2D eigenvalue weighted by Gasteiger charge is -2.18. The van der Waals surface area contributed by atoms with Crippen molar-refractivity contribution in [3.63, 3.8) is 0 Å². The molecule has 0 saturated heterocycles. The first-order valence-electron chi connectivity index (χ1n) is 32.7. The van der Waals surface area contributed by atoms with Crippen LogP contribution in [0.3, 0.4) is 0 Å². The van der Waals surface area contributed by atoms with Crippen LogP contribution in [0.4, 0.5) is 0 Å². The van der Waals surface area contributed by atoms with Crippen LogP contribution >= 0.6 is 0 Å². The van der Waals surface area contributed by atoms with Crippen LogP contribution in [0.25, 0.3) is 0 Å². The highest BCUT2D eigenvalue weighted by atomic mass is 16.6. The number of unbranched alkanes of at least 4 members (excludes halogenated alkanes) is 32. The van der Waals surface area contributed by atoms with Gasteiger partial charge in [0.15, 0.2) is 6.10 Å². The van der Waals surface area contributed by atoms with Gasteiger partial charge in [0.25, 0.3) is 0 Å². The maximum atomic E-state index is 12.8. The van der Waals surface area contributed by atoms with E-state index >= 15 is 0 Å². The number of allylic oxidation sites excluding steroid dienone is 16. The SMILES string of the molecule is CC/C=C\C/C=C\C/C=C\C/C=C\C/C=C\C/C=C\C/C=C\CCCCCCCCCCCCCCCC(=O)OCC(COC(=O)CCCCCCC/C=C\CCCC)OC(=O)CCCCCCCCCCCCCCC. The molecule has 1 atom stereocenters. The summed E-state index contributed by atoms with van der Waals surface area (Å²) in [5, 5.41) is 0. The molecular formula is C71H122O6. The molecule has 0 radical (unpaired) electrons. The van der Waals surface area contributed by atoms with Crippen molar-refractivity contribution in [2.24, 2.45) is 0 Å². The number of ether oxygens (including phenoxy) is 3. The highest BCUT2D eigenvalue weighted by molar-refractivity contribution is 5.71. The topological polar surface area (TPSA) is 78.9 Å². The van der Waals surface area contributed by atoms with Crippen molar-refractivity contribution >= 4 is 17.9 Å². The quantitative estimate of drug-likeness (QED) is 0.0261. The molecule has 0 aromatic carbocycles. The standard InChI is InChI=1S/C71H122O6/c1-4-7-10-13-16-19-22-24-25-26-27-28-29-30-31-32-33-34-35-36-37-38-39-40-41-42-43-44-45-47-49-52-55-58-61-64-70(73)76-67-68(66-75-69(72)63-60-57-54-51-48-21-18-15-12-9-6-3)77-71(74)65-62-59-56-53-50-46-23-20-17-14-11-8-5-2/h7,10,15-16,18-19,24-25,27-28,30-31,33-34,36-37,68H,4-6,8-9,11-14,17,20-23,26,29,32,35,38-67H2,1-3H3/b10-7-,18-15-,19-16-,25-24-,28-27-,31-30-,34-33-,37-36-. The third-order valence-corrected chi connectivity index (χ3v) is 14.1. The zero-order valence-electron chi connectivity index (χ0n) is 50.7. The Hall–Kier alpha value is -3.67. The summed E-state index contributed by atoms with van der Waals surface area (Å²) in [7, 11) is 0. The Labute approximate surface area is 477 Å². The van der Waals surface area contributed by atoms with Crippen molar-refractivity contribution in [2.75, 3.05) is 13.2 Å². The van der Waals surface area contributed by atoms with Crippen LogP contribution in [0.15, 0.2) is 97.2 Å². The van der Waals surface area contributed by atoms with Gasteiger partial charge < -0.3 is 14.2 Å². The summed E-state index contributed by atoms with van der Waals surface area (Å²) in [5.41, 5.74) is 0. The molecule has 1 unspecified atom stereocenters. The minimum absolute atomic E-state index is 0.0764. The van der Waals surface area contributed by atoms with Crippen molar-refractivity contribution in [3.05, 3.63) is 97.2 Å². The summed E-state index contributed by atoms with van der Waals surface area (Å²) >= 11 is 0. The van der Waals surface area contributed by atoms with E-state index in [1.165, 1.54) is 167 Å². The molecule has 0 fully saturated rings. The van der Waals surface area contributed by atoms with Crippen LogP contribution in [0, 0.1) is 0 Å². The van der Waals surface area contributed by atoms with Crippen molar-refractivity contribution in [1.29, 1.82) is 0 Å². The van der Waals surface area contributed by atoms with Crippen LogP contribution in [-0.4, -0.2) is 37.2 Å². The molecule has 0 aliphatic carbocycles. The first kappa shape index (κ1) is 73.3. The fraction of sp³-hybridized carbons (Fsp3) is 0.732. The summed E-state index contributed by atoms with van der Waals surface area (Å²) in [6.07, 6.45) is 87.2. The number of rotatable bonds is 59. The number of carbonyl (C=O) groups is 3. The van der Waals surface area contributed by atoms with Crippen molar-refractivity contribution in [1.82, 2.24) is 0 Å². The molecule has 0 N–H and O–H groups in total. The van der Waals surface area contributed by atoms with Gasteiger partial charge in [0, 0.05) is 19.3 Å². The molecule has 6 nitrogen and oxygen atoms in total. The predicted octanol–water partition coefficient (Wildman–Crippen LogP) is 22.4. The Balaban J connectivity index is 4.10. The second kappa shape index (κ2) is 64.9. The van der Waals surface area contributed by atoms with Crippen LogP contribution in [-0.2, 0) is 28.6 Å². The normalized spacial score (nSPS) is 12.7. The van der Waals surface area contributed by atoms with E-state index in [4.69, 9.17) is 14.2 Å². The molecule has 0 saturated carbocycles. The fourth-order valence-corrected chi connectivity index (χ4v) is 9.17. The van der Waals surface area contributed by atoms with Gasteiger partial charge in [0.2, 0.25) is 0 Å². The van der Waals surface area contributed by atoms with E-state index in [1.54, 1.807) is 0 Å². The van der Waals surface area contributed by atoms with Gasteiger partial charge in [-0.05, 0) is 96.3 Å². The van der Waals surface area contributed by atoms with Gasteiger partial charge in [-0.15, -0.1) is 0 Å². The molecule has 0 aliphatic heterocycles. The average Bonchev–Trinajstić information content (AvgIpc) is 3.43. The molecule has 6 heteroatoms. The van der Waals surface area contributed by atoms with Gasteiger partial charge >= 0.3 is 17.9 Å². The van der Waals surface area contributed by atoms with Crippen LogP contribution in [0.1, 0.15) is 316 Å². The van der Waals surface area contributed by atoms with Gasteiger partial charge in [-0.25, -0.2) is 0 Å². The number of carbonyl (C=O) groups excluding carboxylic acids is 3. The fourth-order valence-electron chi connectivity index (χ4n) is 9.17. The molecular weight excluding hydrogens is 949 g/mol. The molecule has 0 aliphatic rings. The van der Waals surface area contributed by atoms with E-state index in [1.807, 2.05) is 0 Å². The summed E-state index contributed by atoms with van der Waals surface area (Å²) in [4.78, 5) is 38.2. The largest absolute Gasteiger partial charge is 0.462 e. The van der Waals surface area contributed by atoms with Gasteiger partial charge in [-0.1, -0.05) is 298 Å². The summed E-state index contributed by atoms with van der Waals surface area (Å²) in [6, 6.07) is 0. The Morgan fingerprint density at radius 2 is 0.519 bits per heavy atom. The maximum absolute atomic E-state index is 12.8. The predicted molar refractivity (Wildman–Crippen MR) is 334 cm³/mol. The Bertz CT molecular complexity index is 1510. The van der Waals surface area contributed by atoms with E-state index in [0.29, 0.717) is 19.3 Å². The Morgan fingerprint density at radius 3 is 0.844 bits per heavy atom. The summed E-state index contributed by atoms with van der Waals surface area (Å²) in [6.45, 7) is 6.50. The molecule has 0 amide bonds. The average molecular weight is 1070 g/mol. The molecule has 0 heterocycles. The van der Waals surface area contributed by atoms with Crippen LogP contribution in [0.5, 0.6) is 0 Å². The number of hydrogen-bond acceptors (Lipinski definition) is 6. The number of hydrogen-bond donors (Lipinski definition) is 0. The third-order valence-electron chi connectivity index (χ3n) is 14.1. The first-order valence-corrected chi connectivity index (χ1v) is 32.7. The lowest BCUT2D eigenvalue weighted by atomic mass is 10.0. The van der Waals surface area contributed by atoms with E-state index in [0.717, 1.165) is 109 Å². The molecule has 0 aromatic heterocycles. The zero-order chi connectivity index (χ0) is 55.7. The van der Waals surface area contributed by atoms with Crippen molar-refractivity contribution < 1.29 is 28.6 Å². The first-order chi connectivity index (χ1) is 38.0. The second-order valence-electron chi connectivity index (χ2n) is 21.6. The minimum Gasteiger partial charge on any atom is -0.462 e.